The van der Waals surface area contributed by atoms with Crippen LogP contribution in [0.2, 0.25) is 0 Å². The van der Waals surface area contributed by atoms with Crippen molar-refractivity contribution in [2.45, 2.75) is 25.7 Å². The topological polar surface area (TPSA) is 74.0 Å². The van der Waals surface area contributed by atoms with Crippen molar-refractivity contribution in [3.8, 4) is 0 Å². The molecular formula is C23H30IN5O. The number of benzene rings is 2. The average Bonchev–Trinajstić information content (AvgIpc) is 2.78. The Morgan fingerprint density at radius 2 is 1.70 bits per heavy atom. The Morgan fingerprint density at radius 1 is 0.967 bits per heavy atom. The summed E-state index contributed by atoms with van der Waals surface area (Å²) in [6.45, 7) is 3.18. The number of carbonyl (C=O) groups excluding carboxylic acids is 1. The Labute approximate surface area is 195 Å². The first-order valence-corrected chi connectivity index (χ1v) is 10.5. The fourth-order valence-electron chi connectivity index (χ4n) is 4.18. The summed E-state index contributed by atoms with van der Waals surface area (Å²) in [5.74, 6) is 0.331. The molecule has 0 aromatic heterocycles. The van der Waals surface area contributed by atoms with Gasteiger partial charge in [-0.1, -0.05) is 30.3 Å². The molecule has 0 bridgehead atoms. The second-order valence-corrected chi connectivity index (χ2v) is 7.68. The zero-order chi connectivity index (χ0) is 20.1. The number of amides is 1. The van der Waals surface area contributed by atoms with Gasteiger partial charge in [-0.3, -0.25) is 4.79 Å². The molecule has 6 nitrogen and oxygen atoms in total. The molecule has 0 unspecified atom stereocenters. The number of nitrogens with zero attached hydrogens (tertiary/aromatic N) is 3. The molecule has 160 valence electrons. The minimum atomic E-state index is 0. The maximum Gasteiger partial charge on any atom is 0.244 e. The van der Waals surface area contributed by atoms with Gasteiger partial charge in [0.05, 0.1) is 0 Å². The van der Waals surface area contributed by atoms with E-state index in [1.807, 2.05) is 29.2 Å². The number of aryl methyl sites for hydroxylation is 1. The Morgan fingerprint density at radius 3 is 2.47 bits per heavy atom. The summed E-state index contributed by atoms with van der Waals surface area (Å²) >= 11 is 0. The molecule has 2 aromatic carbocycles. The van der Waals surface area contributed by atoms with Crippen LogP contribution in [0.15, 0.2) is 53.5 Å². The molecular weight excluding hydrogens is 489 g/mol. The number of halogens is 1. The summed E-state index contributed by atoms with van der Waals surface area (Å²) in [4.78, 5) is 21.0. The second-order valence-electron chi connectivity index (χ2n) is 7.68. The van der Waals surface area contributed by atoms with Crippen molar-refractivity contribution in [2.24, 2.45) is 10.7 Å². The summed E-state index contributed by atoms with van der Waals surface area (Å²) in [6, 6.07) is 16.6. The summed E-state index contributed by atoms with van der Waals surface area (Å²) < 4.78 is 0. The highest BCUT2D eigenvalue weighted by Crippen LogP contribution is 2.27. The molecule has 2 aliphatic rings. The van der Waals surface area contributed by atoms with Crippen LogP contribution in [0.25, 0.3) is 0 Å². The van der Waals surface area contributed by atoms with Crippen LogP contribution in [0.5, 0.6) is 0 Å². The van der Waals surface area contributed by atoms with Crippen molar-refractivity contribution < 1.29 is 4.79 Å². The van der Waals surface area contributed by atoms with Crippen LogP contribution in [-0.4, -0.2) is 49.5 Å². The van der Waals surface area contributed by atoms with E-state index in [1.54, 1.807) is 0 Å². The molecule has 1 amide bonds. The van der Waals surface area contributed by atoms with E-state index in [0.717, 1.165) is 31.6 Å². The van der Waals surface area contributed by atoms with Crippen LogP contribution in [0.1, 0.15) is 24.0 Å². The third-order valence-corrected chi connectivity index (χ3v) is 5.80. The van der Waals surface area contributed by atoms with Crippen LogP contribution in [0.3, 0.4) is 0 Å². The number of hydrogen-bond acceptors (Lipinski definition) is 3. The van der Waals surface area contributed by atoms with Crippen molar-refractivity contribution in [3.63, 3.8) is 0 Å². The zero-order valence-corrected chi connectivity index (χ0v) is 19.5. The van der Waals surface area contributed by atoms with E-state index in [0.29, 0.717) is 19.0 Å². The van der Waals surface area contributed by atoms with E-state index in [-0.39, 0.29) is 36.4 Å². The molecule has 1 saturated heterocycles. The molecule has 0 saturated carbocycles. The third kappa shape index (κ3) is 5.44. The predicted octanol–water partition coefficient (Wildman–Crippen LogP) is 3.26. The van der Waals surface area contributed by atoms with Crippen molar-refractivity contribution >= 4 is 47.2 Å². The van der Waals surface area contributed by atoms with Gasteiger partial charge in [0.25, 0.3) is 0 Å². The minimum Gasteiger partial charge on any atom is -0.370 e. The molecule has 1 aliphatic heterocycles. The largest absolute Gasteiger partial charge is 0.370 e. The zero-order valence-electron chi connectivity index (χ0n) is 17.2. The molecule has 2 aromatic rings. The van der Waals surface area contributed by atoms with E-state index in [1.165, 1.54) is 29.7 Å². The summed E-state index contributed by atoms with van der Waals surface area (Å²) in [6.07, 6.45) is 4.63. The SMILES string of the molecule is I.NC(=NCC(=O)N1CCN(c2ccccc2)CC1)Nc1cccc2c1CCCC2. The van der Waals surface area contributed by atoms with Gasteiger partial charge in [-0.05, 0) is 55.0 Å². The van der Waals surface area contributed by atoms with Gasteiger partial charge in [0.1, 0.15) is 6.54 Å². The van der Waals surface area contributed by atoms with Crippen LogP contribution >= 0.6 is 24.0 Å². The maximum atomic E-state index is 12.5. The Kier molecular flexibility index (Phi) is 7.95. The number of carbonyl (C=O) groups is 1. The lowest BCUT2D eigenvalue weighted by Crippen LogP contribution is -2.49. The third-order valence-electron chi connectivity index (χ3n) is 5.80. The molecule has 1 aliphatic carbocycles. The monoisotopic (exact) mass is 519 g/mol. The van der Waals surface area contributed by atoms with Crippen molar-refractivity contribution in [2.75, 3.05) is 42.9 Å². The number of piperazine rings is 1. The van der Waals surface area contributed by atoms with E-state index in [2.05, 4.69) is 39.5 Å². The number of para-hydroxylation sites is 1. The van der Waals surface area contributed by atoms with Crippen LogP contribution in [-0.2, 0) is 17.6 Å². The fraction of sp³-hybridized carbons (Fsp3) is 0.391. The molecule has 30 heavy (non-hydrogen) atoms. The van der Waals surface area contributed by atoms with Gasteiger partial charge in [-0.15, -0.1) is 24.0 Å². The normalized spacial score (nSPS) is 16.5. The number of nitrogens with one attached hydrogen (secondary N) is 1. The lowest BCUT2D eigenvalue weighted by molar-refractivity contribution is -0.129. The van der Waals surface area contributed by atoms with E-state index < -0.39 is 0 Å². The molecule has 0 spiro atoms. The standard InChI is InChI=1S/C23H29N5O.HI/c24-23(26-21-12-6-8-18-7-4-5-11-20(18)21)25-17-22(29)28-15-13-27(14-16-28)19-9-2-1-3-10-19;/h1-3,6,8-10,12H,4-5,7,11,13-17H2,(H3,24,25,26);1H. The Bertz CT molecular complexity index is 878. The average molecular weight is 519 g/mol. The molecule has 0 radical (unpaired) electrons. The molecule has 1 fully saturated rings. The van der Waals surface area contributed by atoms with Crippen LogP contribution in [0.4, 0.5) is 11.4 Å². The van der Waals surface area contributed by atoms with Crippen molar-refractivity contribution in [1.82, 2.24) is 4.90 Å². The van der Waals surface area contributed by atoms with E-state index in [4.69, 9.17) is 5.73 Å². The maximum absolute atomic E-state index is 12.5. The smallest absolute Gasteiger partial charge is 0.244 e. The molecule has 0 atom stereocenters. The first kappa shape index (κ1) is 22.4. The molecule has 7 heteroatoms. The number of guanidine groups is 1. The fourth-order valence-corrected chi connectivity index (χ4v) is 4.18. The minimum absolute atomic E-state index is 0. The second kappa shape index (κ2) is 10.7. The van der Waals surface area contributed by atoms with Crippen LogP contribution < -0.4 is 16.0 Å². The van der Waals surface area contributed by atoms with Crippen LogP contribution in [0, 0.1) is 0 Å². The first-order chi connectivity index (χ1) is 14.2. The lowest BCUT2D eigenvalue weighted by Gasteiger charge is -2.36. The number of aliphatic imine (C=N–C) groups is 1. The molecule has 1 heterocycles. The highest BCUT2D eigenvalue weighted by molar-refractivity contribution is 14.0. The lowest BCUT2D eigenvalue weighted by atomic mass is 9.90. The quantitative estimate of drug-likeness (QED) is 0.370. The first-order valence-electron chi connectivity index (χ1n) is 10.5. The number of nitrogens with two attached hydrogens (primary N) is 1. The summed E-state index contributed by atoms with van der Waals surface area (Å²) in [5, 5.41) is 3.21. The highest BCUT2D eigenvalue weighted by Gasteiger charge is 2.21. The molecule has 3 N–H and O–H groups in total. The van der Waals surface area contributed by atoms with Gasteiger partial charge in [-0.25, -0.2) is 4.99 Å². The Balaban J connectivity index is 0.00000256. The number of hydrogen-bond donors (Lipinski definition) is 2. The summed E-state index contributed by atoms with van der Waals surface area (Å²) in [7, 11) is 0. The van der Waals surface area contributed by atoms with E-state index >= 15 is 0 Å². The number of anilines is 2. The van der Waals surface area contributed by atoms with Gasteiger partial charge in [0, 0.05) is 37.6 Å². The molecule has 4 rings (SSSR count). The van der Waals surface area contributed by atoms with Gasteiger partial charge >= 0.3 is 0 Å². The van der Waals surface area contributed by atoms with Crippen molar-refractivity contribution in [1.29, 1.82) is 0 Å². The van der Waals surface area contributed by atoms with E-state index in [9.17, 15) is 4.79 Å². The number of fused-ring (bicyclic) bond motifs is 1. The van der Waals surface area contributed by atoms with Gasteiger partial charge in [0.2, 0.25) is 5.91 Å². The number of rotatable bonds is 4. The van der Waals surface area contributed by atoms with Crippen molar-refractivity contribution in [3.05, 3.63) is 59.7 Å². The van der Waals surface area contributed by atoms with Gasteiger partial charge in [0.15, 0.2) is 5.96 Å². The summed E-state index contributed by atoms with van der Waals surface area (Å²) in [5.41, 5.74) is 11.0. The van der Waals surface area contributed by atoms with Gasteiger partial charge in [-0.2, -0.15) is 0 Å². The predicted molar refractivity (Wildman–Crippen MR) is 134 cm³/mol. The van der Waals surface area contributed by atoms with Gasteiger partial charge < -0.3 is 20.9 Å². The highest BCUT2D eigenvalue weighted by atomic mass is 127. The Hall–Kier alpha value is -2.29.